The second-order valence-electron chi connectivity index (χ2n) is 5.69. The number of hydrogen-bond donors (Lipinski definition) is 1. The second kappa shape index (κ2) is 8.07. The van der Waals surface area contributed by atoms with E-state index in [4.69, 9.17) is 4.74 Å². The van der Waals surface area contributed by atoms with Crippen LogP contribution in [0.25, 0.3) is 17.0 Å². The third-order valence-electron chi connectivity index (χ3n) is 3.77. The molecule has 3 aromatic rings. The van der Waals surface area contributed by atoms with Gasteiger partial charge in [0.05, 0.1) is 5.52 Å². The Morgan fingerprint density at radius 1 is 1.04 bits per heavy atom. The second-order valence-corrected chi connectivity index (χ2v) is 5.69. The summed E-state index contributed by atoms with van der Waals surface area (Å²) in [7, 11) is 0. The number of benzene rings is 2. The Morgan fingerprint density at radius 2 is 1.81 bits per heavy atom. The average Bonchev–Trinajstić information content (AvgIpc) is 2.67. The highest BCUT2D eigenvalue weighted by molar-refractivity contribution is 5.97. The van der Waals surface area contributed by atoms with E-state index in [9.17, 15) is 9.59 Å². The Bertz CT molecular complexity index is 946. The van der Waals surface area contributed by atoms with Gasteiger partial charge in [0.25, 0.3) is 5.91 Å². The average molecular weight is 346 g/mol. The zero-order valence-corrected chi connectivity index (χ0v) is 14.3. The molecule has 1 heterocycles. The van der Waals surface area contributed by atoms with Gasteiger partial charge in [-0.05, 0) is 31.2 Å². The third-order valence-corrected chi connectivity index (χ3v) is 3.77. The van der Waals surface area contributed by atoms with Gasteiger partial charge in [-0.25, -0.2) is 4.79 Å². The maximum Gasteiger partial charge on any atom is 0.331 e. The quantitative estimate of drug-likeness (QED) is 0.563. The van der Waals surface area contributed by atoms with Crippen molar-refractivity contribution >= 4 is 34.5 Å². The summed E-state index contributed by atoms with van der Waals surface area (Å²) in [6.45, 7) is 1.53. The van der Waals surface area contributed by atoms with Crippen LogP contribution in [0.1, 0.15) is 12.5 Å². The zero-order chi connectivity index (χ0) is 18.4. The summed E-state index contributed by atoms with van der Waals surface area (Å²) in [6, 6.07) is 18.5. The summed E-state index contributed by atoms with van der Waals surface area (Å²) in [4.78, 5) is 28.4. The van der Waals surface area contributed by atoms with Crippen LogP contribution in [0.4, 0.5) is 5.69 Å². The largest absolute Gasteiger partial charge is 0.449 e. The Labute approximate surface area is 151 Å². The molecule has 2 aromatic carbocycles. The number of nitrogens with zero attached hydrogens (tertiary/aromatic N) is 1. The molecule has 0 spiro atoms. The van der Waals surface area contributed by atoms with Crippen molar-refractivity contribution in [3.63, 3.8) is 0 Å². The summed E-state index contributed by atoms with van der Waals surface area (Å²) < 4.78 is 5.16. The van der Waals surface area contributed by atoms with Gasteiger partial charge in [-0.15, -0.1) is 0 Å². The van der Waals surface area contributed by atoms with E-state index in [0.717, 1.165) is 16.5 Å². The number of carbonyl (C=O) groups is 2. The molecule has 0 radical (unpaired) electrons. The minimum atomic E-state index is -0.905. The van der Waals surface area contributed by atoms with Crippen LogP contribution in [-0.2, 0) is 14.3 Å². The molecule has 130 valence electrons. The first-order valence-electron chi connectivity index (χ1n) is 8.22. The van der Waals surface area contributed by atoms with Crippen LogP contribution in [0.5, 0.6) is 0 Å². The van der Waals surface area contributed by atoms with Crippen LogP contribution in [-0.4, -0.2) is 23.0 Å². The zero-order valence-electron chi connectivity index (χ0n) is 14.3. The first-order valence-corrected chi connectivity index (χ1v) is 8.22. The molecule has 0 aliphatic rings. The van der Waals surface area contributed by atoms with Crippen molar-refractivity contribution in [3.05, 3.63) is 78.5 Å². The van der Waals surface area contributed by atoms with Gasteiger partial charge in [0, 0.05) is 28.9 Å². The number of fused-ring (bicyclic) bond motifs is 1. The number of aromatic nitrogens is 1. The molecule has 1 N–H and O–H groups in total. The lowest BCUT2D eigenvalue weighted by molar-refractivity contribution is -0.148. The normalized spacial score (nSPS) is 12.0. The van der Waals surface area contributed by atoms with Gasteiger partial charge in [-0.1, -0.05) is 42.5 Å². The van der Waals surface area contributed by atoms with Crippen molar-refractivity contribution in [1.29, 1.82) is 0 Å². The van der Waals surface area contributed by atoms with E-state index in [0.29, 0.717) is 5.69 Å². The molecular weight excluding hydrogens is 328 g/mol. The molecule has 0 saturated heterocycles. The molecule has 5 nitrogen and oxygen atoms in total. The first kappa shape index (κ1) is 17.4. The number of ether oxygens (including phenoxy) is 1. The number of pyridine rings is 1. The monoisotopic (exact) mass is 346 g/mol. The number of para-hydroxylation sites is 2. The minimum Gasteiger partial charge on any atom is -0.449 e. The van der Waals surface area contributed by atoms with Crippen LogP contribution in [0.3, 0.4) is 0 Å². The first-order chi connectivity index (χ1) is 12.6. The van der Waals surface area contributed by atoms with Crippen molar-refractivity contribution in [3.8, 4) is 0 Å². The van der Waals surface area contributed by atoms with Crippen molar-refractivity contribution in [2.24, 2.45) is 0 Å². The number of rotatable bonds is 5. The van der Waals surface area contributed by atoms with Gasteiger partial charge in [0.1, 0.15) is 0 Å². The van der Waals surface area contributed by atoms with E-state index in [1.54, 1.807) is 24.4 Å². The molecule has 0 unspecified atom stereocenters. The van der Waals surface area contributed by atoms with Gasteiger partial charge < -0.3 is 10.1 Å². The highest BCUT2D eigenvalue weighted by Gasteiger charge is 2.16. The van der Waals surface area contributed by atoms with Gasteiger partial charge in [-0.2, -0.15) is 0 Å². The van der Waals surface area contributed by atoms with Gasteiger partial charge >= 0.3 is 5.97 Å². The number of amides is 1. The highest BCUT2D eigenvalue weighted by atomic mass is 16.5. The SMILES string of the molecule is C[C@@H](OC(=O)/C=C\c1cccc2cccnc12)C(=O)Nc1ccccc1. The van der Waals surface area contributed by atoms with Crippen molar-refractivity contribution in [2.75, 3.05) is 5.32 Å². The third kappa shape index (κ3) is 4.33. The number of hydrogen-bond acceptors (Lipinski definition) is 4. The lowest BCUT2D eigenvalue weighted by Crippen LogP contribution is -2.29. The molecule has 0 aliphatic carbocycles. The fourth-order valence-corrected chi connectivity index (χ4v) is 2.45. The fraction of sp³-hybridized carbons (Fsp3) is 0.0952. The van der Waals surface area contributed by atoms with E-state index >= 15 is 0 Å². The Morgan fingerprint density at radius 3 is 2.62 bits per heavy atom. The van der Waals surface area contributed by atoms with Crippen LogP contribution in [0.15, 0.2) is 72.9 Å². The summed E-state index contributed by atoms with van der Waals surface area (Å²) in [5.41, 5.74) is 2.26. The van der Waals surface area contributed by atoms with Crippen molar-refractivity contribution in [1.82, 2.24) is 4.98 Å². The molecule has 0 bridgehead atoms. The molecule has 5 heteroatoms. The lowest BCUT2D eigenvalue weighted by atomic mass is 10.1. The lowest BCUT2D eigenvalue weighted by Gasteiger charge is -2.12. The summed E-state index contributed by atoms with van der Waals surface area (Å²) in [5, 5.41) is 3.68. The van der Waals surface area contributed by atoms with E-state index in [1.165, 1.54) is 13.0 Å². The van der Waals surface area contributed by atoms with Crippen molar-refractivity contribution < 1.29 is 14.3 Å². The Balaban J connectivity index is 1.62. The number of esters is 1. The molecule has 26 heavy (non-hydrogen) atoms. The van der Waals surface area contributed by atoms with Crippen LogP contribution in [0.2, 0.25) is 0 Å². The number of nitrogens with one attached hydrogen (secondary N) is 1. The van der Waals surface area contributed by atoms with Crippen LogP contribution in [0, 0.1) is 0 Å². The minimum absolute atomic E-state index is 0.384. The van der Waals surface area contributed by atoms with Gasteiger partial charge in [-0.3, -0.25) is 9.78 Å². The summed E-state index contributed by atoms with van der Waals surface area (Å²) in [5.74, 6) is -0.974. The summed E-state index contributed by atoms with van der Waals surface area (Å²) in [6.07, 6.45) is 3.74. The van der Waals surface area contributed by atoms with E-state index in [-0.39, 0.29) is 5.91 Å². The molecule has 1 atom stereocenters. The van der Waals surface area contributed by atoms with E-state index < -0.39 is 12.1 Å². The molecule has 0 aliphatic heterocycles. The maximum absolute atomic E-state index is 12.1. The molecule has 0 saturated carbocycles. The Hall–Kier alpha value is -3.47. The number of anilines is 1. The number of carbonyl (C=O) groups excluding carboxylic acids is 2. The van der Waals surface area contributed by atoms with Crippen molar-refractivity contribution in [2.45, 2.75) is 13.0 Å². The molecule has 0 fully saturated rings. The predicted molar refractivity (Wildman–Crippen MR) is 101 cm³/mol. The summed E-state index contributed by atoms with van der Waals surface area (Å²) >= 11 is 0. The maximum atomic E-state index is 12.1. The fourth-order valence-electron chi connectivity index (χ4n) is 2.45. The molecular formula is C21H18N2O3. The van der Waals surface area contributed by atoms with E-state index in [2.05, 4.69) is 10.3 Å². The van der Waals surface area contributed by atoms with E-state index in [1.807, 2.05) is 48.5 Å². The standard InChI is InChI=1S/C21H18N2O3/c1-15(21(25)23-18-10-3-2-4-11-18)26-19(24)13-12-17-8-5-7-16-9-6-14-22-20(16)17/h2-15H,1H3,(H,23,25)/b13-12-/t15-/m1/s1. The molecule has 1 amide bonds. The topological polar surface area (TPSA) is 68.3 Å². The van der Waals surface area contributed by atoms with Gasteiger partial charge in [0.15, 0.2) is 6.10 Å². The van der Waals surface area contributed by atoms with Gasteiger partial charge in [0.2, 0.25) is 0 Å². The predicted octanol–water partition coefficient (Wildman–Crippen LogP) is 3.82. The smallest absolute Gasteiger partial charge is 0.331 e. The molecule has 1 aromatic heterocycles. The van der Waals surface area contributed by atoms with Crippen LogP contribution < -0.4 is 5.32 Å². The van der Waals surface area contributed by atoms with Crippen LogP contribution >= 0.6 is 0 Å². The molecule has 3 rings (SSSR count). The Kier molecular flexibility index (Phi) is 5.39. The highest BCUT2D eigenvalue weighted by Crippen LogP contribution is 2.17.